The highest BCUT2D eigenvalue weighted by Crippen LogP contribution is 2.01. The van der Waals surface area contributed by atoms with Crippen molar-refractivity contribution in [1.29, 1.82) is 0 Å². The van der Waals surface area contributed by atoms with Crippen LogP contribution in [0.15, 0.2) is 11.6 Å². The predicted octanol–water partition coefficient (Wildman–Crippen LogP) is 2.20. The molecule has 3 nitrogen and oxygen atoms in total. The number of hydrogen-bond acceptors (Lipinski definition) is 4. The topological polar surface area (TPSA) is 34.0 Å². The molecule has 0 bridgehead atoms. The minimum atomic E-state index is -0.139. The fourth-order valence-electron chi connectivity index (χ4n) is 0.763. The summed E-state index contributed by atoms with van der Waals surface area (Å²) in [6.45, 7) is 0.678. The van der Waals surface area contributed by atoms with E-state index in [0.29, 0.717) is 10.5 Å². The SMILES string of the molecule is CSCCNC(=O)n1ccsc1=S. The molecule has 13 heavy (non-hydrogen) atoms. The van der Waals surface area contributed by atoms with Crippen LogP contribution in [0.5, 0.6) is 0 Å². The molecule has 0 fully saturated rings. The molecule has 1 rings (SSSR count). The fourth-order valence-corrected chi connectivity index (χ4v) is 1.94. The molecule has 0 aliphatic rings. The van der Waals surface area contributed by atoms with Crippen LogP contribution < -0.4 is 5.32 Å². The van der Waals surface area contributed by atoms with Gasteiger partial charge in [-0.15, -0.1) is 11.3 Å². The van der Waals surface area contributed by atoms with Crippen LogP contribution in [0.1, 0.15) is 0 Å². The smallest absolute Gasteiger partial charge is 0.327 e. The van der Waals surface area contributed by atoms with Gasteiger partial charge in [0, 0.05) is 23.9 Å². The van der Waals surface area contributed by atoms with Gasteiger partial charge < -0.3 is 5.32 Å². The first-order valence-electron chi connectivity index (χ1n) is 3.69. The molecule has 1 heterocycles. The summed E-state index contributed by atoms with van der Waals surface area (Å²) >= 11 is 8.04. The van der Waals surface area contributed by atoms with E-state index in [1.165, 1.54) is 15.9 Å². The number of nitrogens with one attached hydrogen (secondary N) is 1. The minimum Gasteiger partial charge on any atom is -0.337 e. The van der Waals surface area contributed by atoms with Crippen molar-refractivity contribution in [3.05, 3.63) is 15.5 Å². The molecule has 0 unspecified atom stereocenters. The monoisotopic (exact) mass is 234 g/mol. The fraction of sp³-hybridized carbons (Fsp3) is 0.429. The van der Waals surface area contributed by atoms with Gasteiger partial charge in [-0.05, 0) is 18.5 Å². The summed E-state index contributed by atoms with van der Waals surface area (Å²) in [5.41, 5.74) is 0. The van der Waals surface area contributed by atoms with Crippen molar-refractivity contribution in [2.24, 2.45) is 0 Å². The lowest BCUT2D eigenvalue weighted by Gasteiger charge is -2.03. The van der Waals surface area contributed by atoms with Gasteiger partial charge in [-0.25, -0.2) is 4.79 Å². The summed E-state index contributed by atoms with van der Waals surface area (Å²) < 4.78 is 2.03. The second-order valence-electron chi connectivity index (χ2n) is 2.26. The zero-order valence-corrected chi connectivity index (χ0v) is 9.60. The molecule has 0 saturated heterocycles. The number of thiazole rings is 1. The number of amides is 1. The highest BCUT2D eigenvalue weighted by Gasteiger charge is 2.02. The molecular formula is C7H10N2OS3. The quantitative estimate of drug-likeness (QED) is 0.643. The van der Waals surface area contributed by atoms with Crippen molar-refractivity contribution in [3.63, 3.8) is 0 Å². The summed E-state index contributed by atoms with van der Waals surface area (Å²) in [5.74, 6) is 0.920. The highest BCUT2D eigenvalue weighted by atomic mass is 32.2. The Kier molecular flexibility index (Phi) is 4.47. The van der Waals surface area contributed by atoms with Crippen molar-refractivity contribution in [2.75, 3.05) is 18.6 Å². The van der Waals surface area contributed by atoms with Crippen LogP contribution in [0.25, 0.3) is 0 Å². The number of rotatable bonds is 3. The van der Waals surface area contributed by atoms with Gasteiger partial charge in [0.2, 0.25) is 0 Å². The second-order valence-corrected chi connectivity index (χ2v) is 4.79. The number of thioether (sulfide) groups is 1. The average Bonchev–Trinajstić information content (AvgIpc) is 2.52. The van der Waals surface area contributed by atoms with Crippen molar-refractivity contribution in [3.8, 4) is 0 Å². The molecule has 0 aromatic carbocycles. The van der Waals surface area contributed by atoms with Gasteiger partial charge in [-0.3, -0.25) is 4.57 Å². The van der Waals surface area contributed by atoms with Gasteiger partial charge in [0.15, 0.2) is 3.95 Å². The van der Waals surface area contributed by atoms with E-state index >= 15 is 0 Å². The third-order valence-electron chi connectivity index (χ3n) is 1.38. The van der Waals surface area contributed by atoms with Crippen LogP contribution in [0, 0.1) is 3.95 Å². The number of carbonyl (C=O) groups excluding carboxylic acids is 1. The molecule has 1 aromatic rings. The van der Waals surface area contributed by atoms with Crippen molar-refractivity contribution < 1.29 is 4.79 Å². The van der Waals surface area contributed by atoms with Crippen molar-refractivity contribution in [2.45, 2.75) is 0 Å². The average molecular weight is 234 g/mol. The van der Waals surface area contributed by atoms with Gasteiger partial charge in [0.05, 0.1) is 0 Å². The summed E-state index contributed by atoms with van der Waals surface area (Å²) in [4.78, 5) is 11.4. The van der Waals surface area contributed by atoms with E-state index in [2.05, 4.69) is 5.32 Å². The lowest BCUT2D eigenvalue weighted by molar-refractivity contribution is 0.243. The van der Waals surface area contributed by atoms with E-state index in [4.69, 9.17) is 12.2 Å². The van der Waals surface area contributed by atoms with Crippen molar-refractivity contribution >= 4 is 41.3 Å². The van der Waals surface area contributed by atoms with E-state index in [0.717, 1.165) is 5.75 Å². The minimum absolute atomic E-state index is 0.139. The molecule has 0 saturated carbocycles. The van der Waals surface area contributed by atoms with Crippen molar-refractivity contribution in [1.82, 2.24) is 9.88 Å². The first-order valence-corrected chi connectivity index (χ1v) is 6.37. The standard InChI is InChI=1S/C7H10N2OS3/c1-12-4-2-8-6(10)9-3-5-13-7(9)11/h3,5H,2,4H2,1H3,(H,8,10). The zero-order chi connectivity index (χ0) is 9.68. The van der Waals surface area contributed by atoms with Crippen LogP contribution in [-0.2, 0) is 0 Å². The molecule has 1 N–H and O–H groups in total. The Hall–Kier alpha value is -0.330. The summed E-state index contributed by atoms with van der Waals surface area (Å²) in [6.07, 6.45) is 3.68. The maximum absolute atomic E-state index is 11.4. The molecule has 72 valence electrons. The maximum Gasteiger partial charge on any atom is 0.327 e. The molecule has 6 heteroatoms. The Bertz CT molecular complexity index is 330. The lowest BCUT2D eigenvalue weighted by atomic mass is 10.7. The third kappa shape index (κ3) is 3.13. The predicted molar refractivity (Wildman–Crippen MR) is 60.3 cm³/mol. The molecule has 0 spiro atoms. The molecule has 0 aliphatic heterocycles. The first kappa shape index (κ1) is 10.7. The molecule has 1 aromatic heterocycles. The molecule has 0 aliphatic carbocycles. The van der Waals surface area contributed by atoms with Gasteiger partial charge in [-0.2, -0.15) is 11.8 Å². The van der Waals surface area contributed by atoms with E-state index in [1.54, 1.807) is 23.3 Å². The first-order chi connectivity index (χ1) is 6.25. The number of nitrogens with zero attached hydrogens (tertiary/aromatic N) is 1. The number of carbonyl (C=O) groups is 1. The van der Waals surface area contributed by atoms with E-state index in [-0.39, 0.29) is 6.03 Å². The Morgan fingerprint density at radius 1 is 1.85 bits per heavy atom. The van der Waals surface area contributed by atoms with Gasteiger partial charge in [0.25, 0.3) is 0 Å². The van der Waals surface area contributed by atoms with Gasteiger partial charge in [0.1, 0.15) is 0 Å². The Labute approximate surface area is 90.2 Å². The third-order valence-corrected chi connectivity index (χ3v) is 3.13. The molecular weight excluding hydrogens is 224 g/mol. The summed E-state index contributed by atoms with van der Waals surface area (Å²) in [7, 11) is 0. The Morgan fingerprint density at radius 2 is 2.62 bits per heavy atom. The highest BCUT2D eigenvalue weighted by molar-refractivity contribution is 7.98. The van der Waals surface area contributed by atoms with E-state index in [9.17, 15) is 4.79 Å². The largest absolute Gasteiger partial charge is 0.337 e. The number of hydrogen-bond donors (Lipinski definition) is 1. The molecule has 0 atom stereocenters. The Morgan fingerprint density at radius 3 is 3.15 bits per heavy atom. The van der Waals surface area contributed by atoms with Crippen LogP contribution >= 0.6 is 35.3 Å². The Balaban J connectivity index is 2.50. The van der Waals surface area contributed by atoms with Gasteiger partial charge >= 0.3 is 6.03 Å². The molecule has 0 radical (unpaired) electrons. The van der Waals surface area contributed by atoms with Gasteiger partial charge in [-0.1, -0.05) is 0 Å². The van der Waals surface area contributed by atoms with Crippen LogP contribution in [0.4, 0.5) is 4.79 Å². The summed E-state index contributed by atoms with van der Waals surface area (Å²) in [6, 6.07) is -0.139. The molecule has 1 amide bonds. The normalized spacial score (nSPS) is 9.92. The van der Waals surface area contributed by atoms with Crippen LogP contribution in [0.2, 0.25) is 0 Å². The second kappa shape index (κ2) is 5.41. The summed E-state index contributed by atoms with van der Waals surface area (Å²) in [5, 5.41) is 4.57. The zero-order valence-electron chi connectivity index (χ0n) is 7.15. The van der Waals surface area contributed by atoms with Crippen LogP contribution in [-0.4, -0.2) is 29.2 Å². The van der Waals surface area contributed by atoms with E-state index < -0.39 is 0 Å². The number of aromatic nitrogens is 1. The maximum atomic E-state index is 11.4. The van der Waals surface area contributed by atoms with Crippen LogP contribution in [0.3, 0.4) is 0 Å². The van der Waals surface area contributed by atoms with E-state index in [1.807, 2.05) is 6.26 Å². The lowest BCUT2D eigenvalue weighted by Crippen LogP contribution is -2.29.